The standard InChI is InChI=1S/C13H16N2O5/c1-3-14-13(18)15-12(17)9(2)20-11(16)7-6-10-5-4-8-19-10/h4-9H,3H2,1-2H3,(H2,14,15,17,18). The molecule has 1 aromatic rings. The summed E-state index contributed by atoms with van der Waals surface area (Å²) in [5.41, 5.74) is 0. The van der Waals surface area contributed by atoms with Crippen LogP contribution in [0.25, 0.3) is 6.08 Å². The van der Waals surface area contributed by atoms with E-state index in [0.717, 1.165) is 6.08 Å². The Morgan fingerprint density at radius 3 is 2.80 bits per heavy atom. The molecule has 1 unspecified atom stereocenters. The molecular weight excluding hydrogens is 264 g/mol. The van der Waals surface area contributed by atoms with E-state index in [1.807, 2.05) is 5.32 Å². The lowest BCUT2D eigenvalue weighted by atomic mass is 10.3. The fourth-order valence-electron chi connectivity index (χ4n) is 1.22. The Kier molecular flexibility index (Phi) is 6.02. The zero-order chi connectivity index (χ0) is 15.0. The zero-order valence-electron chi connectivity index (χ0n) is 11.2. The van der Waals surface area contributed by atoms with Crippen molar-refractivity contribution in [2.45, 2.75) is 20.0 Å². The molecular formula is C13H16N2O5. The van der Waals surface area contributed by atoms with E-state index in [-0.39, 0.29) is 0 Å². The molecule has 1 heterocycles. The van der Waals surface area contributed by atoms with E-state index in [9.17, 15) is 14.4 Å². The van der Waals surface area contributed by atoms with Crippen LogP contribution in [0.1, 0.15) is 19.6 Å². The highest BCUT2D eigenvalue weighted by molar-refractivity contribution is 5.97. The fraction of sp³-hybridized carbons (Fsp3) is 0.308. The number of esters is 1. The summed E-state index contributed by atoms with van der Waals surface area (Å²) in [7, 11) is 0. The molecule has 7 heteroatoms. The molecule has 1 aromatic heterocycles. The van der Waals surface area contributed by atoms with E-state index in [2.05, 4.69) is 5.32 Å². The third kappa shape index (κ3) is 5.38. The maximum atomic E-state index is 11.5. The van der Waals surface area contributed by atoms with Gasteiger partial charge in [0, 0.05) is 12.6 Å². The van der Waals surface area contributed by atoms with Crippen LogP contribution in [0.5, 0.6) is 0 Å². The van der Waals surface area contributed by atoms with Crippen molar-refractivity contribution >= 4 is 24.0 Å². The van der Waals surface area contributed by atoms with Crippen LogP contribution in [0.4, 0.5) is 4.79 Å². The smallest absolute Gasteiger partial charge is 0.331 e. The van der Waals surface area contributed by atoms with Gasteiger partial charge in [-0.25, -0.2) is 9.59 Å². The number of hydrogen-bond acceptors (Lipinski definition) is 5. The first kappa shape index (κ1) is 15.5. The Balaban J connectivity index is 2.41. The van der Waals surface area contributed by atoms with Crippen LogP contribution in [0.3, 0.4) is 0 Å². The minimum absolute atomic E-state index is 0.388. The number of urea groups is 1. The number of nitrogens with one attached hydrogen (secondary N) is 2. The highest BCUT2D eigenvalue weighted by atomic mass is 16.5. The second-order valence-electron chi connectivity index (χ2n) is 3.78. The Hall–Kier alpha value is -2.57. The molecule has 0 fully saturated rings. The molecule has 108 valence electrons. The summed E-state index contributed by atoms with van der Waals surface area (Å²) >= 11 is 0. The largest absolute Gasteiger partial charge is 0.465 e. The van der Waals surface area contributed by atoms with Crippen LogP contribution in [0.2, 0.25) is 0 Å². The normalized spacial score (nSPS) is 11.9. The van der Waals surface area contributed by atoms with Crippen molar-refractivity contribution in [3.05, 3.63) is 30.2 Å². The average molecular weight is 280 g/mol. The van der Waals surface area contributed by atoms with Crippen molar-refractivity contribution in [3.63, 3.8) is 0 Å². The number of rotatable bonds is 5. The van der Waals surface area contributed by atoms with E-state index >= 15 is 0 Å². The van der Waals surface area contributed by atoms with Gasteiger partial charge in [0.15, 0.2) is 6.10 Å². The van der Waals surface area contributed by atoms with Crippen molar-refractivity contribution in [1.82, 2.24) is 10.6 Å². The average Bonchev–Trinajstić information content (AvgIpc) is 2.89. The molecule has 1 rings (SSSR count). The van der Waals surface area contributed by atoms with Crippen molar-refractivity contribution in [2.24, 2.45) is 0 Å². The number of amides is 3. The number of hydrogen-bond donors (Lipinski definition) is 2. The van der Waals surface area contributed by atoms with Gasteiger partial charge in [0.1, 0.15) is 5.76 Å². The van der Waals surface area contributed by atoms with Crippen LogP contribution in [0, 0.1) is 0 Å². The van der Waals surface area contributed by atoms with Gasteiger partial charge in [0.05, 0.1) is 6.26 Å². The van der Waals surface area contributed by atoms with Gasteiger partial charge in [-0.05, 0) is 32.1 Å². The second kappa shape index (κ2) is 7.78. The third-order valence-corrected chi connectivity index (χ3v) is 2.16. The SMILES string of the molecule is CCNC(=O)NC(=O)C(C)OC(=O)C=Cc1ccco1. The minimum atomic E-state index is -1.08. The van der Waals surface area contributed by atoms with Gasteiger partial charge >= 0.3 is 12.0 Å². The lowest BCUT2D eigenvalue weighted by molar-refractivity contribution is -0.149. The monoisotopic (exact) mass is 280 g/mol. The third-order valence-electron chi connectivity index (χ3n) is 2.16. The van der Waals surface area contributed by atoms with E-state index < -0.39 is 24.0 Å². The van der Waals surface area contributed by atoms with E-state index in [4.69, 9.17) is 9.15 Å². The maximum Gasteiger partial charge on any atom is 0.331 e. The van der Waals surface area contributed by atoms with Gasteiger partial charge in [-0.2, -0.15) is 0 Å². The number of imide groups is 1. The van der Waals surface area contributed by atoms with Gasteiger partial charge in [0.2, 0.25) is 0 Å². The number of carbonyl (C=O) groups excluding carboxylic acids is 3. The van der Waals surface area contributed by atoms with Gasteiger partial charge in [0.25, 0.3) is 5.91 Å². The van der Waals surface area contributed by atoms with E-state index in [1.54, 1.807) is 19.1 Å². The van der Waals surface area contributed by atoms with Crippen molar-refractivity contribution in [2.75, 3.05) is 6.54 Å². The van der Waals surface area contributed by atoms with Gasteiger partial charge in [-0.1, -0.05) is 0 Å². The number of ether oxygens (including phenoxy) is 1. The molecule has 0 spiro atoms. The summed E-state index contributed by atoms with van der Waals surface area (Å²) in [5, 5.41) is 4.44. The molecule has 0 saturated heterocycles. The second-order valence-corrected chi connectivity index (χ2v) is 3.78. The topological polar surface area (TPSA) is 97.6 Å². The molecule has 0 aliphatic heterocycles. The van der Waals surface area contributed by atoms with Crippen LogP contribution >= 0.6 is 0 Å². The Morgan fingerprint density at radius 1 is 1.45 bits per heavy atom. The van der Waals surface area contributed by atoms with Crippen molar-refractivity contribution < 1.29 is 23.5 Å². The minimum Gasteiger partial charge on any atom is -0.465 e. The molecule has 0 radical (unpaired) electrons. The quantitative estimate of drug-likeness (QED) is 0.621. The number of carbonyl (C=O) groups is 3. The molecule has 0 aromatic carbocycles. The summed E-state index contributed by atoms with van der Waals surface area (Å²) in [5.74, 6) is -0.919. The van der Waals surface area contributed by atoms with Gasteiger partial charge in [-0.3, -0.25) is 10.1 Å². The lowest BCUT2D eigenvalue weighted by Crippen LogP contribution is -2.44. The molecule has 0 aliphatic carbocycles. The molecule has 0 aliphatic rings. The molecule has 1 atom stereocenters. The molecule has 0 bridgehead atoms. The lowest BCUT2D eigenvalue weighted by Gasteiger charge is -2.11. The van der Waals surface area contributed by atoms with Gasteiger partial charge in [-0.15, -0.1) is 0 Å². The van der Waals surface area contributed by atoms with Crippen molar-refractivity contribution in [3.8, 4) is 0 Å². The van der Waals surface area contributed by atoms with E-state index in [0.29, 0.717) is 12.3 Å². The first-order valence-corrected chi connectivity index (χ1v) is 6.03. The molecule has 2 N–H and O–H groups in total. The summed E-state index contributed by atoms with van der Waals surface area (Å²) in [6.07, 6.45) is 2.94. The highest BCUT2D eigenvalue weighted by Gasteiger charge is 2.18. The van der Waals surface area contributed by atoms with Crippen LogP contribution in [-0.2, 0) is 14.3 Å². The van der Waals surface area contributed by atoms with Gasteiger partial charge < -0.3 is 14.5 Å². The van der Waals surface area contributed by atoms with Crippen LogP contribution < -0.4 is 10.6 Å². The highest BCUT2D eigenvalue weighted by Crippen LogP contribution is 2.03. The number of furan rings is 1. The van der Waals surface area contributed by atoms with E-state index in [1.165, 1.54) is 19.3 Å². The fourth-order valence-corrected chi connectivity index (χ4v) is 1.22. The predicted octanol–water partition coefficient (Wildman–Crippen LogP) is 1.07. The first-order valence-electron chi connectivity index (χ1n) is 6.03. The Bertz CT molecular complexity index is 493. The molecule has 7 nitrogen and oxygen atoms in total. The molecule has 3 amide bonds. The van der Waals surface area contributed by atoms with Crippen LogP contribution in [-0.4, -0.2) is 30.6 Å². The Labute approximate surface area is 116 Å². The summed E-state index contributed by atoms with van der Waals surface area (Å²) in [6.45, 7) is 3.47. The zero-order valence-corrected chi connectivity index (χ0v) is 11.2. The summed E-state index contributed by atoms with van der Waals surface area (Å²) in [6, 6.07) is 2.70. The van der Waals surface area contributed by atoms with Crippen molar-refractivity contribution in [1.29, 1.82) is 0 Å². The molecule has 20 heavy (non-hydrogen) atoms. The maximum absolute atomic E-state index is 11.5. The predicted molar refractivity (Wildman–Crippen MR) is 70.5 cm³/mol. The summed E-state index contributed by atoms with van der Waals surface area (Å²) in [4.78, 5) is 34.1. The first-order chi connectivity index (χ1) is 9.52. The summed E-state index contributed by atoms with van der Waals surface area (Å²) < 4.78 is 9.82. The van der Waals surface area contributed by atoms with Crippen LogP contribution in [0.15, 0.2) is 28.9 Å². The molecule has 0 saturated carbocycles. The Morgan fingerprint density at radius 2 is 2.20 bits per heavy atom.